The molecule has 8 nitrogen and oxygen atoms in total. The number of hydrogen-bond donors (Lipinski definition) is 2. The van der Waals surface area contributed by atoms with Crippen LogP contribution in [0.1, 0.15) is 53.6 Å². The minimum Gasteiger partial charge on any atom is -0.449 e. The number of carbonyl (C=O) groups is 3. The highest BCUT2D eigenvalue weighted by molar-refractivity contribution is 6.41. The van der Waals surface area contributed by atoms with Gasteiger partial charge >= 0.3 is 6.09 Å². The molecule has 2 heterocycles. The van der Waals surface area contributed by atoms with Crippen molar-refractivity contribution in [1.29, 1.82) is 0 Å². The monoisotopic (exact) mass is 470 g/mol. The van der Waals surface area contributed by atoms with Crippen molar-refractivity contribution >= 4 is 35.2 Å². The SMILES string of the molecule is CCOC(=O)N1C(=O)C(=Cc2[nH]c(C)c(C(=O)NCCN(CC)CC)c2C)c2cc(F)ccc21. The summed E-state index contributed by atoms with van der Waals surface area (Å²) in [6.45, 7) is 12.5. The van der Waals surface area contributed by atoms with Crippen LogP contribution in [0, 0.1) is 19.7 Å². The molecular formula is C25H31FN4O4. The van der Waals surface area contributed by atoms with E-state index in [1.807, 2.05) is 0 Å². The van der Waals surface area contributed by atoms with Crippen molar-refractivity contribution in [2.24, 2.45) is 0 Å². The molecule has 2 N–H and O–H groups in total. The topological polar surface area (TPSA) is 94.7 Å². The molecule has 34 heavy (non-hydrogen) atoms. The Labute approximate surface area is 198 Å². The standard InChI is InChI=1S/C25H31FN4O4/c1-6-29(7-2)12-11-27-23(31)22-15(4)20(28-16(22)5)14-19-18-13-17(26)9-10-21(18)30(24(19)32)25(33)34-8-3/h9-10,13-14,28H,6-8,11-12H2,1-5H3,(H,27,31). The van der Waals surface area contributed by atoms with Crippen molar-refractivity contribution in [3.8, 4) is 0 Å². The number of ether oxygens (including phenoxy) is 1. The predicted molar refractivity (Wildman–Crippen MR) is 129 cm³/mol. The number of hydrogen-bond acceptors (Lipinski definition) is 5. The van der Waals surface area contributed by atoms with Gasteiger partial charge in [0, 0.05) is 30.0 Å². The molecule has 1 aromatic carbocycles. The minimum absolute atomic E-state index is 0.0971. The van der Waals surface area contributed by atoms with Crippen LogP contribution in [0.15, 0.2) is 18.2 Å². The Morgan fingerprint density at radius 2 is 1.91 bits per heavy atom. The molecule has 0 aliphatic carbocycles. The summed E-state index contributed by atoms with van der Waals surface area (Å²) in [7, 11) is 0. The van der Waals surface area contributed by atoms with Gasteiger partial charge in [-0.15, -0.1) is 0 Å². The number of anilines is 1. The molecule has 2 aromatic rings. The zero-order valence-corrected chi connectivity index (χ0v) is 20.3. The molecule has 0 bridgehead atoms. The number of fused-ring (bicyclic) bond motifs is 1. The van der Waals surface area contributed by atoms with Gasteiger partial charge in [0.1, 0.15) is 5.82 Å². The second kappa shape index (κ2) is 10.6. The number of nitrogens with zero attached hydrogens (tertiary/aromatic N) is 2. The third-order valence-electron chi connectivity index (χ3n) is 5.97. The highest BCUT2D eigenvalue weighted by atomic mass is 19.1. The van der Waals surface area contributed by atoms with Gasteiger partial charge in [0.2, 0.25) is 0 Å². The first-order chi connectivity index (χ1) is 16.2. The Morgan fingerprint density at radius 3 is 2.56 bits per heavy atom. The summed E-state index contributed by atoms with van der Waals surface area (Å²) in [6, 6.07) is 3.78. The van der Waals surface area contributed by atoms with Crippen LogP contribution in [-0.4, -0.2) is 60.6 Å². The van der Waals surface area contributed by atoms with Gasteiger partial charge < -0.3 is 19.9 Å². The second-order valence-corrected chi connectivity index (χ2v) is 8.01. The molecule has 9 heteroatoms. The van der Waals surface area contributed by atoms with E-state index in [9.17, 15) is 18.8 Å². The fourth-order valence-corrected chi connectivity index (χ4v) is 4.13. The van der Waals surface area contributed by atoms with Crippen LogP contribution < -0.4 is 10.2 Å². The van der Waals surface area contributed by atoms with Gasteiger partial charge in [0.15, 0.2) is 0 Å². The number of amides is 3. The first kappa shape index (κ1) is 25.2. The zero-order chi connectivity index (χ0) is 25.0. The van der Waals surface area contributed by atoms with Gasteiger partial charge in [0.05, 0.1) is 23.4 Å². The van der Waals surface area contributed by atoms with Crippen molar-refractivity contribution in [3.63, 3.8) is 0 Å². The van der Waals surface area contributed by atoms with Crippen LogP contribution in [0.5, 0.6) is 0 Å². The lowest BCUT2D eigenvalue weighted by atomic mass is 10.0. The Hall–Kier alpha value is -3.46. The van der Waals surface area contributed by atoms with Gasteiger partial charge in [-0.25, -0.2) is 14.1 Å². The first-order valence-corrected chi connectivity index (χ1v) is 11.5. The van der Waals surface area contributed by atoms with Crippen LogP contribution in [-0.2, 0) is 9.53 Å². The summed E-state index contributed by atoms with van der Waals surface area (Å²) in [6.07, 6.45) is 0.728. The van der Waals surface area contributed by atoms with Crippen molar-refractivity contribution in [2.75, 3.05) is 37.7 Å². The summed E-state index contributed by atoms with van der Waals surface area (Å²) < 4.78 is 19.0. The van der Waals surface area contributed by atoms with E-state index in [0.717, 1.165) is 24.5 Å². The molecule has 3 rings (SSSR count). The molecule has 0 unspecified atom stereocenters. The lowest BCUT2D eigenvalue weighted by molar-refractivity contribution is -0.112. The summed E-state index contributed by atoms with van der Waals surface area (Å²) in [5, 5.41) is 2.95. The molecule has 0 saturated heterocycles. The maximum Gasteiger partial charge on any atom is 0.421 e. The Kier molecular flexibility index (Phi) is 7.88. The quantitative estimate of drug-likeness (QED) is 0.571. The normalized spacial score (nSPS) is 14.1. The van der Waals surface area contributed by atoms with E-state index in [2.05, 4.69) is 29.0 Å². The van der Waals surface area contributed by atoms with Gasteiger partial charge in [-0.1, -0.05) is 13.8 Å². The number of imide groups is 1. The highest BCUT2D eigenvalue weighted by Gasteiger charge is 2.38. The smallest absolute Gasteiger partial charge is 0.421 e. The largest absolute Gasteiger partial charge is 0.449 e. The predicted octanol–water partition coefficient (Wildman–Crippen LogP) is 3.89. The van der Waals surface area contributed by atoms with E-state index < -0.39 is 17.8 Å². The lowest BCUT2D eigenvalue weighted by Crippen LogP contribution is -2.35. The van der Waals surface area contributed by atoms with Crippen LogP contribution in [0.25, 0.3) is 11.6 Å². The number of benzene rings is 1. The fraction of sp³-hybridized carbons (Fsp3) is 0.400. The maximum absolute atomic E-state index is 14.0. The Morgan fingerprint density at radius 1 is 1.21 bits per heavy atom. The molecule has 182 valence electrons. The van der Waals surface area contributed by atoms with Gasteiger partial charge in [-0.2, -0.15) is 0 Å². The van der Waals surface area contributed by atoms with Crippen LogP contribution in [0.2, 0.25) is 0 Å². The fourth-order valence-electron chi connectivity index (χ4n) is 4.13. The number of aryl methyl sites for hydroxylation is 1. The molecule has 0 atom stereocenters. The number of rotatable bonds is 8. The van der Waals surface area contributed by atoms with E-state index >= 15 is 0 Å². The molecular weight excluding hydrogens is 439 g/mol. The molecule has 0 spiro atoms. The summed E-state index contributed by atoms with van der Waals surface area (Å²) in [4.78, 5) is 44.7. The molecule has 0 fully saturated rings. The van der Waals surface area contributed by atoms with E-state index in [4.69, 9.17) is 4.74 Å². The number of halogens is 1. The van der Waals surface area contributed by atoms with Crippen LogP contribution in [0.3, 0.4) is 0 Å². The number of H-pyrrole nitrogens is 1. The molecule has 1 aliphatic rings. The van der Waals surface area contributed by atoms with Crippen molar-refractivity contribution in [2.45, 2.75) is 34.6 Å². The second-order valence-electron chi connectivity index (χ2n) is 8.01. The maximum atomic E-state index is 14.0. The number of nitrogens with one attached hydrogen (secondary N) is 2. The van der Waals surface area contributed by atoms with Crippen LogP contribution >= 0.6 is 0 Å². The highest BCUT2D eigenvalue weighted by Crippen LogP contribution is 2.39. The molecule has 1 aliphatic heterocycles. The van der Waals surface area contributed by atoms with E-state index in [-0.39, 0.29) is 29.3 Å². The number of aromatic amines is 1. The average molecular weight is 471 g/mol. The Bertz CT molecular complexity index is 1130. The molecule has 1 aromatic heterocycles. The number of aromatic nitrogens is 1. The molecule has 3 amide bonds. The number of carbonyl (C=O) groups excluding carboxylic acids is 3. The van der Waals surface area contributed by atoms with E-state index in [1.54, 1.807) is 26.8 Å². The van der Waals surface area contributed by atoms with E-state index in [1.165, 1.54) is 18.2 Å². The summed E-state index contributed by atoms with van der Waals surface area (Å²) in [5.74, 6) is -1.35. The zero-order valence-electron chi connectivity index (χ0n) is 20.3. The van der Waals surface area contributed by atoms with Crippen LogP contribution in [0.4, 0.5) is 14.9 Å². The molecule has 0 radical (unpaired) electrons. The van der Waals surface area contributed by atoms with Gasteiger partial charge in [0.25, 0.3) is 11.8 Å². The Balaban J connectivity index is 1.93. The van der Waals surface area contributed by atoms with Gasteiger partial charge in [-0.3, -0.25) is 9.59 Å². The first-order valence-electron chi connectivity index (χ1n) is 11.5. The third kappa shape index (κ3) is 4.89. The van der Waals surface area contributed by atoms with Crippen molar-refractivity contribution in [3.05, 3.63) is 52.1 Å². The summed E-state index contributed by atoms with van der Waals surface area (Å²) in [5.41, 5.74) is 3.03. The summed E-state index contributed by atoms with van der Waals surface area (Å²) >= 11 is 0. The average Bonchev–Trinajstić information content (AvgIpc) is 3.23. The number of likely N-dealkylation sites (N-methyl/N-ethyl adjacent to an activating group) is 1. The van der Waals surface area contributed by atoms with Crippen molar-refractivity contribution < 1.29 is 23.5 Å². The van der Waals surface area contributed by atoms with Gasteiger partial charge in [-0.05, 0) is 63.7 Å². The molecule has 0 saturated carbocycles. The van der Waals surface area contributed by atoms with E-state index in [0.29, 0.717) is 29.1 Å². The minimum atomic E-state index is -0.823. The van der Waals surface area contributed by atoms with Crippen molar-refractivity contribution in [1.82, 2.24) is 15.2 Å². The lowest BCUT2D eigenvalue weighted by Gasteiger charge is -2.18. The third-order valence-corrected chi connectivity index (χ3v) is 5.97.